The summed E-state index contributed by atoms with van der Waals surface area (Å²) in [6.45, 7) is 2.37. The van der Waals surface area contributed by atoms with Crippen molar-refractivity contribution in [3.63, 3.8) is 0 Å². The van der Waals surface area contributed by atoms with Gasteiger partial charge < -0.3 is 9.80 Å². The molecular formula is C22H21ClN4O3S. The van der Waals surface area contributed by atoms with Crippen LogP contribution in [0.2, 0.25) is 5.02 Å². The van der Waals surface area contributed by atoms with Gasteiger partial charge in [-0.05, 0) is 48.5 Å². The van der Waals surface area contributed by atoms with Crippen LogP contribution in [0, 0.1) is 0 Å². The minimum Gasteiger partial charge on any atom is -0.352 e. The molecule has 3 aromatic rings. The number of benzene rings is 2. The van der Waals surface area contributed by atoms with Crippen LogP contribution < -0.4 is 9.62 Å². The zero-order valence-corrected chi connectivity index (χ0v) is 18.2. The van der Waals surface area contributed by atoms with E-state index in [-0.39, 0.29) is 10.8 Å². The first kappa shape index (κ1) is 21.1. The molecule has 1 saturated heterocycles. The Hall–Kier alpha value is -3.10. The molecule has 2 aromatic carbocycles. The van der Waals surface area contributed by atoms with Gasteiger partial charge in [0, 0.05) is 43.6 Å². The number of hydrogen-bond acceptors (Lipinski definition) is 5. The fourth-order valence-electron chi connectivity index (χ4n) is 3.41. The van der Waals surface area contributed by atoms with Crippen molar-refractivity contribution in [2.45, 2.75) is 4.90 Å². The first-order chi connectivity index (χ1) is 14.9. The van der Waals surface area contributed by atoms with Crippen molar-refractivity contribution in [1.82, 2.24) is 9.88 Å². The molecule has 1 amide bonds. The number of sulfonamides is 1. The average molecular weight is 457 g/mol. The lowest BCUT2D eigenvalue weighted by molar-refractivity contribution is 0.0746. The maximum atomic E-state index is 12.9. The highest BCUT2D eigenvalue weighted by atomic mass is 35.5. The van der Waals surface area contributed by atoms with E-state index in [0.29, 0.717) is 42.5 Å². The van der Waals surface area contributed by atoms with Crippen molar-refractivity contribution in [3.05, 3.63) is 83.5 Å². The van der Waals surface area contributed by atoms with Crippen LogP contribution in [0.5, 0.6) is 0 Å². The molecule has 7 nitrogen and oxygen atoms in total. The standard InChI is InChI=1S/C22H21ClN4O3S/c23-20-7-4-12-24-21(20)26-13-15-27(16-14-26)22(28)17-8-10-18(11-9-17)25-31(29,30)19-5-2-1-3-6-19/h1-12,25H,13-16H2. The summed E-state index contributed by atoms with van der Waals surface area (Å²) in [6, 6.07) is 18.2. The number of anilines is 2. The lowest BCUT2D eigenvalue weighted by Crippen LogP contribution is -2.49. The summed E-state index contributed by atoms with van der Waals surface area (Å²) in [5, 5.41) is 0.593. The summed E-state index contributed by atoms with van der Waals surface area (Å²) in [5.41, 5.74) is 0.905. The van der Waals surface area contributed by atoms with Gasteiger partial charge in [0.25, 0.3) is 15.9 Å². The highest BCUT2D eigenvalue weighted by Gasteiger charge is 2.24. The van der Waals surface area contributed by atoms with E-state index in [1.54, 1.807) is 65.7 Å². The molecule has 0 bridgehead atoms. The van der Waals surface area contributed by atoms with Gasteiger partial charge in [-0.25, -0.2) is 13.4 Å². The quantitative estimate of drug-likeness (QED) is 0.635. The van der Waals surface area contributed by atoms with Crippen molar-refractivity contribution in [2.24, 2.45) is 0 Å². The van der Waals surface area contributed by atoms with Crippen LogP contribution in [0.15, 0.2) is 77.8 Å². The number of nitrogens with zero attached hydrogens (tertiary/aromatic N) is 3. The Morgan fingerprint density at radius 1 is 0.903 bits per heavy atom. The fraction of sp³-hybridized carbons (Fsp3) is 0.182. The molecule has 0 saturated carbocycles. The second-order valence-electron chi connectivity index (χ2n) is 7.08. The Balaban J connectivity index is 1.38. The first-order valence-electron chi connectivity index (χ1n) is 9.77. The van der Waals surface area contributed by atoms with Crippen molar-refractivity contribution in [1.29, 1.82) is 0 Å². The van der Waals surface area contributed by atoms with Gasteiger partial charge in [0.2, 0.25) is 0 Å². The van der Waals surface area contributed by atoms with Crippen molar-refractivity contribution in [2.75, 3.05) is 35.8 Å². The van der Waals surface area contributed by atoms with Crippen LogP contribution in [0.3, 0.4) is 0 Å². The normalized spacial score (nSPS) is 14.4. The van der Waals surface area contributed by atoms with Crippen molar-refractivity contribution >= 4 is 39.0 Å². The summed E-state index contributed by atoms with van der Waals surface area (Å²) in [7, 11) is -3.67. The fourth-order valence-corrected chi connectivity index (χ4v) is 4.73. The van der Waals surface area contributed by atoms with E-state index < -0.39 is 10.0 Å². The van der Waals surface area contributed by atoms with Crippen LogP contribution in [0.1, 0.15) is 10.4 Å². The number of hydrogen-bond donors (Lipinski definition) is 1. The van der Waals surface area contributed by atoms with Gasteiger partial charge in [-0.1, -0.05) is 29.8 Å². The van der Waals surface area contributed by atoms with Crippen LogP contribution in [0.4, 0.5) is 11.5 Å². The van der Waals surface area contributed by atoms with Gasteiger partial charge >= 0.3 is 0 Å². The molecule has 160 valence electrons. The highest BCUT2D eigenvalue weighted by Crippen LogP contribution is 2.24. The molecule has 1 aliphatic heterocycles. The Labute approximate surface area is 186 Å². The third kappa shape index (κ3) is 4.81. The first-order valence-corrected chi connectivity index (χ1v) is 11.6. The number of halogens is 1. The van der Waals surface area contributed by atoms with E-state index in [1.165, 1.54) is 12.1 Å². The Morgan fingerprint density at radius 2 is 1.58 bits per heavy atom. The molecule has 0 radical (unpaired) electrons. The lowest BCUT2D eigenvalue weighted by Gasteiger charge is -2.35. The smallest absolute Gasteiger partial charge is 0.261 e. The second-order valence-corrected chi connectivity index (χ2v) is 9.17. The lowest BCUT2D eigenvalue weighted by atomic mass is 10.1. The number of amides is 1. The van der Waals surface area contributed by atoms with Crippen LogP contribution in [-0.2, 0) is 10.0 Å². The molecule has 1 N–H and O–H groups in total. The molecule has 0 spiro atoms. The molecule has 0 unspecified atom stereocenters. The minimum atomic E-state index is -3.67. The van der Waals surface area contributed by atoms with Crippen LogP contribution in [-0.4, -0.2) is 50.4 Å². The highest BCUT2D eigenvalue weighted by molar-refractivity contribution is 7.92. The van der Waals surface area contributed by atoms with Gasteiger partial charge in [-0.2, -0.15) is 0 Å². The molecule has 9 heteroatoms. The van der Waals surface area contributed by atoms with E-state index in [9.17, 15) is 13.2 Å². The van der Waals surface area contributed by atoms with Gasteiger partial charge in [0.1, 0.15) is 5.82 Å². The van der Waals surface area contributed by atoms with E-state index in [2.05, 4.69) is 14.6 Å². The Morgan fingerprint density at radius 3 is 2.23 bits per heavy atom. The summed E-state index contributed by atoms with van der Waals surface area (Å²) < 4.78 is 27.4. The van der Waals surface area contributed by atoms with E-state index in [1.807, 2.05) is 0 Å². The number of piperazine rings is 1. The molecule has 0 atom stereocenters. The Bertz CT molecular complexity index is 1160. The van der Waals surface area contributed by atoms with Crippen molar-refractivity contribution in [3.8, 4) is 0 Å². The summed E-state index contributed by atoms with van der Waals surface area (Å²) in [5.74, 6) is 0.635. The summed E-state index contributed by atoms with van der Waals surface area (Å²) >= 11 is 6.22. The molecule has 1 fully saturated rings. The van der Waals surface area contributed by atoms with E-state index >= 15 is 0 Å². The maximum Gasteiger partial charge on any atom is 0.261 e. The molecular weight excluding hydrogens is 436 g/mol. The topological polar surface area (TPSA) is 82.6 Å². The molecule has 1 aliphatic rings. The number of pyridine rings is 1. The molecule has 1 aromatic heterocycles. The van der Waals surface area contributed by atoms with E-state index in [4.69, 9.17) is 11.6 Å². The monoisotopic (exact) mass is 456 g/mol. The van der Waals surface area contributed by atoms with Crippen LogP contribution in [0.25, 0.3) is 0 Å². The zero-order valence-electron chi connectivity index (χ0n) is 16.6. The van der Waals surface area contributed by atoms with E-state index in [0.717, 1.165) is 5.82 Å². The molecule has 31 heavy (non-hydrogen) atoms. The number of nitrogens with one attached hydrogen (secondary N) is 1. The number of carbonyl (C=O) groups excluding carboxylic acids is 1. The predicted octanol–water partition coefficient (Wildman–Crippen LogP) is 3.50. The zero-order chi connectivity index (χ0) is 21.8. The molecule has 2 heterocycles. The number of carbonyl (C=O) groups is 1. The third-order valence-corrected chi connectivity index (χ3v) is 6.74. The third-order valence-electron chi connectivity index (χ3n) is 5.04. The molecule has 0 aliphatic carbocycles. The maximum absolute atomic E-state index is 12.9. The minimum absolute atomic E-state index is 0.0933. The largest absolute Gasteiger partial charge is 0.352 e. The summed E-state index contributed by atoms with van der Waals surface area (Å²) in [6.07, 6.45) is 1.70. The van der Waals surface area contributed by atoms with Crippen molar-refractivity contribution < 1.29 is 13.2 Å². The number of rotatable bonds is 5. The number of aromatic nitrogens is 1. The van der Waals surface area contributed by atoms with Gasteiger partial charge in [-0.15, -0.1) is 0 Å². The van der Waals surface area contributed by atoms with Gasteiger partial charge in [0.15, 0.2) is 0 Å². The average Bonchev–Trinajstić information content (AvgIpc) is 2.80. The Kier molecular flexibility index (Phi) is 6.11. The molecule has 4 rings (SSSR count). The van der Waals surface area contributed by atoms with Gasteiger partial charge in [-0.3, -0.25) is 9.52 Å². The van der Waals surface area contributed by atoms with Gasteiger partial charge in [0.05, 0.1) is 9.92 Å². The SMILES string of the molecule is O=C(c1ccc(NS(=O)(=O)c2ccccc2)cc1)N1CCN(c2ncccc2Cl)CC1. The van der Waals surface area contributed by atoms with Crippen LogP contribution >= 0.6 is 11.6 Å². The predicted molar refractivity (Wildman–Crippen MR) is 121 cm³/mol. The second kappa shape index (κ2) is 8.95. The summed E-state index contributed by atoms with van der Waals surface area (Å²) in [4.78, 5) is 21.2.